The minimum Gasteiger partial charge on any atom is -0.478 e. The fraction of sp³-hybridized carbons (Fsp3) is 0.176. The van der Waals surface area contributed by atoms with Crippen molar-refractivity contribution in [2.75, 3.05) is 0 Å². The minimum atomic E-state index is -0.918. The highest BCUT2D eigenvalue weighted by atomic mass is 16.4. The molecular weight excluding hydrogens is 250 g/mol. The number of hydrogen-bond donors (Lipinski definition) is 1. The Hall–Kier alpha value is -2.60. The van der Waals surface area contributed by atoms with Crippen molar-refractivity contribution in [3.63, 3.8) is 0 Å². The van der Waals surface area contributed by atoms with Gasteiger partial charge in [-0.05, 0) is 66.8 Å². The van der Waals surface area contributed by atoms with E-state index >= 15 is 0 Å². The third kappa shape index (κ3) is 2.41. The van der Waals surface area contributed by atoms with Crippen molar-refractivity contribution in [3.8, 4) is 17.2 Å². The SMILES string of the molecule is Cc1cc(-c2c(C)cc(C(=O)O)cc2C)ccc1C#N. The molecule has 0 aliphatic heterocycles. The second kappa shape index (κ2) is 5.18. The fourth-order valence-corrected chi connectivity index (χ4v) is 2.49. The molecule has 0 aromatic heterocycles. The first-order valence-electron chi connectivity index (χ1n) is 6.29. The van der Waals surface area contributed by atoms with Crippen LogP contribution >= 0.6 is 0 Å². The highest BCUT2D eigenvalue weighted by molar-refractivity contribution is 5.90. The summed E-state index contributed by atoms with van der Waals surface area (Å²) >= 11 is 0. The Morgan fingerprint density at radius 2 is 1.65 bits per heavy atom. The van der Waals surface area contributed by atoms with Crippen LogP contribution in [0.1, 0.15) is 32.6 Å². The summed E-state index contributed by atoms with van der Waals surface area (Å²) in [5.74, 6) is -0.918. The zero-order chi connectivity index (χ0) is 14.9. The minimum absolute atomic E-state index is 0.300. The van der Waals surface area contributed by atoms with E-state index in [1.165, 1.54) is 0 Å². The van der Waals surface area contributed by atoms with Gasteiger partial charge < -0.3 is 5.11 Å². The van der Waals surface area contributed by atoms with Gasteiger partial charge in [0.25, 0.3) is 0 Å². The first kappa shape index (κ1) is 13.8. The molecule has 1 N–H and O–H groups in total. The number of carboxylic acid groups (broad SMARTS) is 1. The smallest absolute Gasteiger partial charge is 0.335 e. The van der Waals surface area contributed by atoms with Crippen LogP contribution in [0.3, 0.4) is 0 Å². The lowest BCUT2D eigenvalue weighted by Gasteiger charge is -2.12. The van der Waals surface area contributed by atoms with E-state index in [1.807, 2.05) is 32.9 Å². The number of carbonyl (C=O) groups is 1. The third-order valence-electron chi connectivity index (χ3n) is 3.42. The van der Waals surface area contributed by atoms with Gasteiger partial charge in [0.2, 0.25) is 0 Å². The van der Waals surface area contributed by atoms with Crippen molar-refractivity contribution < 1.29 is 9.90 Å². The lowest BCUT2D eigenvalue weighted by molar-refractivity contribution is 0.0696. The number of nitrogens with zero attached hydrogens (tertiary/aromatic N) is 1. The molecule has 0 unspecified atom stereocenters. The van der Waals surface area contributed by atoms with Crippen LogP contribution in [0, 0.1) is 32.1 Å². The second-order valence-corrected chi connectivity index (χ2v) is 4.93. The van der Waals surface area contributed by atoms with Crippen LogP contribution in [0.4, 0.5) is 0 Å². The number of carboxylic acids is 1. The lowest BCUT2D eigenvalue weighted by atomic mass is 9.92. The van der Waals surface area contributed by atoms with E-state index in [4.69, 9.17) is 10.4 Å². The van der Waals surface area contributed by atoms with Crippen molar-refractivity contribution >= 4 is 5.97 Å². The van der Waals surface area contributed by atoms with Crippen LogP contribution in [-0.4, -0.2) is 11.1 Å². The zero-order valence-corrected chi connectivity index (χ0v) is 11.7. The average Bonchev–Trinajstić information content (AvgIpc) is 2.38. The summed E-state index contributed by atoms with van der Waals surface area (Å²) in [5.41, 5.74) is 5.76. The maximum Gasteiger partial charge on any atom is 0.335 e. The molecule has 0 spiro atoms. The number of rotatable bonds is 2. The molecule has 0 amide bonds. The van der Waals surface area contributed by atoms with Gasteiger partial charge in [0.1, 0.15) is 0 Å². The van der Waals surface area contributed by atoms with Crippen LogP contribution in [0.15, 0.2) is 30.3 Å². The summed E-state index contributed by atoms with van der Waals surface area (Å²) in [6.07, 6.45) is 0. The molecule has 0 bridgehead atoms. The standard InChI is InChI=1S/C17H15NO2/c1-10-6-13(4-5-14(10)9-18)16-11(2)7-15(17(19)20)8-12(16)3/h4-8H,1-3H3,(H,19,20). The van der Waals surface area contributed by atoms with Gasteiger partial charge in [0.05, 0.1) is 17.2 Å². The van der Waals surface area contributed by atoms with Gasteiger partial charge in [0, 0.05) is 0 Å². The van der Waals surface area contributed by atoms with Crippen LogP contribution in [0.2, 0.25) is 0 Å². The number of hydrogen-bond acceptors (Lipinski definition) is 2. The van der Waals surface area contributed by atoms with E-state index in [9.17, 15) is 4.79 Å². The Kier molecular flexibility index (Phi) is 3.58. The summed E-state index contributed by atoms with van der Waals surface area (Å²) in [7, 11) is 0. The number of aryl methyl sites for hydroxylation is 3. The predicted octanol–water partition coefficient (Wildman–Crippen LogP) is 3.85. The molecule has 0 saturated carbocycles. The number of nitriles is 1. The molecule has 0 heterocycles. The summed E-state index contributed by atoms with van der Waals surface area (Å²) in [6.45, 7) is 5.71. The summed E-state index contributed by atoms with van der Waals surface area (Å²) in [5, 5.41) is 18.0. The Balaban J connectivity index is 2.62. The summed E-state index contributed by atoms with van der Waals surface area (Å²) < 4.78 is 0. The number of benzene rings is 2. The normalized spacial score (nSPS) is 10.1. The van der Waals surface area contributed by atoms with Gasteiger partial charge in [-0.15, -0.1) is 0 Å². The van der Waals surface area contributed by atoms with Crippen molar-refractivity contribution in [1.29, 1.82) is 5.26 Å². The fourth-order valence-electron chi connectivity index (χ4n) is 2.49. The molecular formula is C17H15NO2. The summed E-state index contributed by atoms with van der Waals surface area (Å²) in [6, 6.07) is 11.2. The second-order valence-electron chi connectivity index (χ2n) is 4.93. The third-order valence-corrected chi connectivity index (χ3v) is 3.42. The van der Waals surface area contributed by atoms with E-state index in [0.717, 1.165) is 27.8 Å². The van der Waals surface area contributed by atoms with E-state index in [1.54, 1.807) is 18.2 Å². The molecule has 20 heavy (non-hydrogen) atoms. The lowest BCUT2D eigenvalue weighted by Crippen LogP contribution is -2.00. The van der Waals surface area contributed by atoms with Crippen LogP contribution in [-0.2, 0) is 0 Å². The van der Waals surface area contributed by atoms with Crippen LogP contribution in [0.5, 0.6) is 0 Å². The van der Waals surface area contributed by atoms with Gasteiger partial charge in [-0.25, -0.2) is 4.79 Å². The molecule has 2 rings (SSSR count). The van der Waals surface area contributed by atoms with Crippen molar-refractivity contribution in [3.05, 3.63) is 58.1 Å². The topological polar surface area (TPSA) is 61.1 Å². The van der Waals surface area contributed by atoms with E-state index in [2.05, 4.69) is 6.07 Å². The van der Waals surface area contributed by atoms with Gasteiger partial charge in [0.15, 0.2) is 0 Å². The monoisotopic (exact) mass is 265 g/mol. The molecule has 0 radical (unpaired) electrons. The van der Waals surface area contributed by atoms with Gasteiger partial charge in [-0.3, -0.25) is 0 Å². The Bertz CT molecular complexity index is 716. The molecule has 0 aliphatic rings. The highest BCUT2D eigenvalue weighted by Crippen LogP contribution is 2.29. The first-order valence-corrected chi connectivity index (χ1v) is 6.29. The highest BCUT2D eigenvalue weighted by Gasteiger charge is 2.12. The Morgan fingerprint density at radius 3 is 2.10 bits per heavy atom. The van der Waals surface area contributed by atoms with Crippen molar-refractivity contribution in [2.45, 2.75) is 20.8 Å². The van der Waals surface area contributed by atoms with Crippen molar-refractivity contribution in [1.82, 2.24) is 0 Å². The quantitative estimate of drug-likeness (QED) is 0.897. The van der Waals surface area contributed by atoms with Gasteiger partial charge in [-0.1, -0.05) is 12.1 Å². The van der Waals surface area contributed by atoms with Gasteiger partial charge >= 0.3 is 5.97 Å². The van der Waals surface area contributed by atoms with Gasteiger partial charge in [-0.2, -0.15) is 5.26 Å². The molecule has 0 fully saturated rings. The van der Waals surface area contributed by atoms with Crippen LogP contribution in [0.25, 0.3) is 11.1 Å². The maximum atomic E-state index is 11.1. The molecule has 0 aliphatic carbocycles. The molecule has 0 saturated heterocycles. The van der Waals surface area contributed by atoms with Crippen LogP contribution < -0.4 is 0 Å². The first-order chi connectivity index (χ1) is 9.43. The largest absolute Gasteiger partial charge is 0.478 e. The van der Waals surface area contributed by atoms with E-state index < -0.39 is 5.97 Å². The Morgan fingerprint density at radius 1 is 1.05 bits per heavy atom. The zero-order valence-electron chi connectivity index (χ0n) is 11.7. The van der Waals surface area contributed by atoms with E-state index in [-0.39, 0.29) is 0 Å². The van der Waals surface area contributed by atoms with E-state index in [0.29, 0.717) is 11.1 Å². The average molecular weight is 265 g/mol. The molecule has 100 valence electrons. The molecule has 2 aromatic rings. The molecule has 3 heteroatoms. The molecule has 0 atom stereocenters. The number of aromatic carboxylic acids is 1. The Labute approximate surface area is 118 Å². The molecule has 2 aromatic carbocycles. The molecule has 3 nitrogen and oxygen atoms in total. The predicted molar refractivity (Wildman–Crippen MR) is 77.8 cm³/mol. The summed E-state index contributed by atoms with van der Waals surface area (Å²) in [4.78, 5) is 11.1. The maximum absolute atomic E-state index is 11.1. The van der Waals surface area contributed by atoms with Crippen molar-refractivity contribution in [2.24, 2.45) is 0 Å².